The first-order valence-corrected chi connectivity index (χ1v) is 13.8. The van der Waals surface area contributed by atoms with Gasteiger partial charge in [0, 0.05) is 12.4 Å². The van der Waals surface area contributed by atoms with Crippen LogP contribution in [0.4, 0.5) is 0 Å². The van der Waals surface area contributed by atoms with Crippen molar-refractivity contribution >= 4 is 50.4 Å². The summed E-state index contributed by atoms with van der Waals surface area (Å²) >= 11 is 0. The van der Waals surface area contributed by atoms with Gasteiger partial charge < -0.3 is 0 Å². The molecule has 0 radical (unpaired) electrons. The highest BCUT2D eigenvalue weighted by Crippen LogP contribution is 2.39. The van der Waals surface area contributed by atoms with Crippen LogP contribution in [0.15, 0.2) is 122 Å². The lowest BCUT2D eigenvalue weighted by Gasteiger charge is -2.32. The molecule has 0 aliphatic carbocycles. The van der Waals surface area contributed by atoms with Gasteiger partial charge in [-0.3, -0.25) is 4.98 Å². The molecule has 0 atom stereocenters. The number of pyridine rings is 1. The van der Waals surface area contributed by atoms with E-state index in [-0.39, 0.29) is 0 Å². The third kappa shape index (κ3) is 2.46. The summed E-state index contributed by atoms with van der Waals surface area (Å²) in [4.78, 5) is 4.69. The van der Waals surface area contributed by atoms with Gasteiger partial charge in [0.25, 0.3) is 0 Å². The van der Waals surface area contributed by atoms with Crippen LogP contribution in [0, 0.1) is 6.92 Å². The van der Waals surface area contributed by atoms with Crippen molar-refractivity contribution in [1.82, 2.24) is 4.98 Å². The number of benzene rings is 5. The maximum Gasteiger partial charge on any atom is 0.183 e. The second-order valence-corrected chi connectivity index (χ2v) is 12.9. The minimum absolute atomic E-state index is 1.29. The Hall–Kier alpha value is -4.01. The van der Waals surface area contributed by atoms with Crippen molar-refractivity contribution in [3.8, 4) is 11.1 Å². The van der Waals surface area contributed by atoms with Crippen LogP contribution in [0.2, 0.25) is 0 Å². The Bertz CT molecular complexity index is 1670. The molecule has 0 N–H and O–H groups in total. The molecule has 2 heterocycles. The average Bonchev–Trinajstić information content (AvgIpc) is 3.22. The fourth-order valence-electron chi connectivity index (χ4n) is 6.16. The first-order valence-electron chi connectivity index (χ1n) is 11.8. The third-order valence-electron chi connectivity index (χ3n) is 7.46. The summed E-state index contributed by atoms with van der Waals surface area (Å²) < 4.78 is 0. The Morgan fingerprint density at radius 2 is 1.24 bits per heavy atom. The number of aromatic nitrogens is 1. The smallest absolute Gasteiger partial charge is 0.183 e. The number of hydrogen-bond donors (Lipinski definition) is 0. The molecule has 0 fully saturated rings. The Morgan fingerprint density at radius 1 is 0.588 bits per heavy atom. The molecule has 5 aromatic carbocycles. The van der Waals surface area contributed by atoms with Gasteiger partial charge in [-0.15, -0.1) is 0 Å². The molecule has 0 saturated heterocycles. The van der Waals surface area contributed by atoms with Gasteiger partial charge in [0.05, 0.1) is 0 Å². The van der Waals surface area contributed by atoms with Gasteiger partial charge >= 0.3 is 0 Å². The van der Waals surface area contributed by atoms with E-state index in [0.29, 0.717) is 0 Å². The zero-order valence-corrected chi connectivity index (χ0v) is 20.0. The standard InChI is InChI=1S/C32H23NSi/c1-22-16-17-27-29(20-22)25-14-8-9-15-26(25)31-28-18-19-33-21-30(28)34(32(27)31,23-10-4-2-5-11-23)24-12-6-3-7-13-24/h2-21H,1H3. The van der Waals surface area contributed by atoms with Crippen molar-refractivity contribution in [2.45, 2.75) is 6.92 Å². The van der Waals surface area contributed by atoms with Crippen LogP contribution < -0.4 is 20.7 Å². The first kappa shape index (κ1) is 19.5. The molecule has 1 aromatic heterocycles. The van der Waals surface area contributed by atoms with E-state index in [1.54, 1.807) is 0 Å². The van der Waals surface area contributed by atoms with Gasteiger partial charge in [-0.05, 0) is 66.4 Å². The molecular weight excluding hydrogens is 426 g/mol. The second kappa shape index (κ2) is 7.24. The van der Waals surface area contributed by atoms with Gasteiger partial charge in [0.1, 0.15) is 0 Å². The minimum atomic E-state index is -2.59. The topological polar surface area (TPSA) is 12.9 Å². The van der Waals surface area contributed by atoms with Crippen LogP contribution in [0.5, 0.6) is 0 Å². The molecule has 0 bridgehead atoms. The van der Waals surface area contributed by atoms with Gasteiger partial charge in [-0.25, -0.2) is 0 Å². The Morgan fingerprint density at radius 3 is 1.94 bits per heavy atom. The number of fused-ring (bicyclic) bond motifs is 8. The van der Waals surface area contributed by atoms with E-state index in [1.807, 2.05) is 6.20 Å². The van der Waals surface area contributed by atoms with Gasteiger partial charge in [0.15, 0.2) is 8.07 Å². The summed E-state index contributed by atoms with van der Waals surface area (Å²) in [5, 5.41) is 11.1. The first-order chi connectivity index (χ1) is 16.8. The molecule has 2 heteroatoms. The van der Waals surface area contributed by atoms with Crippen molar-refractivity contribution in [3.05, 3.63) is 127 Å². The lowest BCUT2D eigenvalue weighted by Crippen LogP contribution is -2.73. The van der Waals surface area contributed by atoms with E-state index in [2.05, 4.69) is 122 Å². The average molecular weight is 450 g/mol. The number of rotatable bonds is 2. The fraction of sp³-hybridized carbons (Fsp3) is 0.0312. The minimum Gasteiger partial charge on any atom is -0.265 e. The van der Waals surface area contributed by atoms with E-state index in [1.165, 1.54) is 59.0 Å². The van der Waals surface area contributed by atoms with E-state index >= 15 is 0 Å². The summed E-state index contributed by atoms with van der Waals surface area (Å²) in [6.45, 7) is 2.19. The summed E-state index contributed by atoms with van der Waals surface area (Å²) in [6.07, 6.45) is 4.10. The predicted molar refractivity (Wildman–Crippen MR) is 147 cm³/mol. The third-order valence-corrected chi connectivity index (χ3v) is 12.3. The number of hydrogen-bond acceptors (Lipinski definition) is 1. The highest BCUT2D eigenvalue weighted by atomic mass is 28.3. The van der Waals surface area contributed by atoms with Crippen LogP contribution in [0.25, 0.3) is 32.7 Å². The molecule has 0 spiro atoms. The lowest BCUT2D eigenvalue weighted by atomic mass is 9.93. The number of aryl methyl sites for hydroxylation is 1. The molecule has 7 rings (SSSR count). The molecule has 0 amide bonds. The zero-order valence-electron chi connectivity index (χ0n) is 19.0. The molecule has 160 valence electrons. The molecule has 6 aromatic rings. The highest BCUT2D eigenvalue weighted by Gasteiger charge is 2.50. The van der Waals surface area contributed by atoms with Crippen LogP contribution in [0.3, 0.4) is 0 Å². The van der Waals surface area contributed by atoms with Crippen LogP contribution in [-0.4, -0.2) is 13.1 Å². The molecule has 1 aliphatic heterocycles. The summed E-state index contributed by atoms with van der Waals surface area (Å²) in [5.41, 5.74) is 4.02. The van der Waals surface area contributed by atoms with Crippen LogP contribution in [0.1, 0.15) is 5.56 Å². The van der Waals surface area contributed by atoms with Crippen LogP contribution in [-0.2, 0) is 0 Å². The van der Waals surface area contributed by atoms with Crippen LogP contribution >= 0.6 is 0 Å². The Kier molecular flexibility index (Phi) is 4.14. The molecule has 1 aliphatic rings. The number of nitrogens with zero attached hydrogens (tertiary/aromatic N) is 1. The Balaban J connectivity index is 1.81. The molecule has 34 heavy (non-hydrogen) atoms. The summed E-state index contributed by atoms with van der Waals surface area (Å²) in [5.74, 6) is 0. The zero-order chi connectivity index (χ0) is 22.7. The van der Waals surface area contributed by atoms with Crippen molar-refractivity contribution in [3.63, 3.8) is 0 Å². The predicted octanol–water partition coefficient (Wildman–Crippen LogP) is 5.05. The van der Waals surface area contributed by atoms with E-state index in [4.69, 9.17) is 4.98 Å². The second-order valence-electron chi connectivity index (χ2n) is 9.25. The molecule has 1 nitrogen and oxygen atoms in total. The molecule has 0 saturated carbocycles. The largest absolute Gasteiger partial charge is 0.265 e. The Labute approximate surface area is 200 Å². The van der Waals surface area contributed by atoms with E-state index in [9.17, 15) is 0 Å². The van der Waals surface area contributed by atoms with Crippen molar-refractivity contribution in [2.24, 2.45) is 0 Å². The highest BCUT2D eigenvalue weighted by molar-refractivity contribution is 7.23. The maximum atomic E-state index is 4.69. The van der Waals surface area contributed by atoms with Gasteiger partial charge in [-0.1, -0.05) is 109 Å². The summed E-state index contributed by atoms with van der Waals surface area (Å²) in [7, 11) is -2.59. The molecule has 0 unspecified atom stereocenters. The van der Waals surface area contributed by atoms with E-state index in [0.717, 1.165) is 0 Å². The normalized spacial score (nSPS) is 13.7. The van der Waals surface area contributed by atoms with Gasteiger partial charge in [-0.2, -0.15) is 0 Å². The fourth-order valence-corrected chi connectivity index (χ4v) is 11.5. The SMILES string of the molecule is Cc1ccc2c3c(c4ccccc4c2c1)-c1ccncc1[Si]3(c1ccccc1)c1ccccc1. The lowest BCUT2D eigenvalue weighted by molar-refractivity contribution is 1.35. The van der Waals surface area contributed by atoms with Crippen molar-refractivity contribution in [1.29, 1.82) is 0 Å². The monoisotopic (exact) mass is 449 g/mol. The van der Waals surface area contributed by atoms with Gasteiger partial charge in [0.2, 0.25) is 0 Å². The maximum absolute atomic E-state index is 4.69. The van der Waals surface area contributed by atoms with E-state index < -0.39 is 8.07 Å². The summed E-state index contributed by atoms with van der Waals surface area (Å²) in [6, 6.07) is 40.5. The molecular formula is C32H23NSi. The quantitative estimate of drug-likeness (QED) is 0.266. The van der Waals surface area contributed by atoms with Crippen molar-refractivity contribution < 1.29 is 0 Å². The van der Waals surface area contributed by atoms with Crippen molar-refractivity contribution in [2.75, 3.05) is 0 Å².